The van der Waals surface area contributed by atoms with Crippen molar-refractivity contribution in [2.45, 2.75) is 44.4 Å². The van der Waals surface area contributed by atoms with Gasteiger partial charge in [0.25, 0.3) is 0 Å². The first-order valence-electron chi connectivity index (χ1n) is 8.99. The van der Waals surface area contributed by atoms with Gasteiger partial charge in [-0.05, 0) is 49.6 Å². The smallest absolute Gasteiger partial charge is 0.416 e. The Bertz CT molecular complexity index is 819. The molecular weight excluding hydrogens is 355 g/mol. The number of likely N-dealkylation sites (tertiary alicyclic amines) is 1. The van der Waals surface area contributed by atoms with E-state index >= 15 is 0 Å². The van der Waals surface area contributed by atoms with Crippen LogP contribution in [0.15, 0.2) is 48.5 Å². The predicted molar refractivity (Wildman–Crippen MR) is 96.4 cm³/mol. The fraction of sp³-hybridized carbons (Fsp3) is 0.381. The van der Waals surface area contributed by atoms with Crippen molar-refractivity contribution in [1.29, 1.82) is 0 Å². The molecule has 2 unspecified atom stereocenters. The van der Waals surface area contributed by atoms with E-state index in [1.807, 2.05) is 36.1 Å². The van der Waals surface area contributed by atoms with Crippen LogP contribution in [0.25, 0.3) is 0 Å². The lowest BCUT2D eigenvalue weighted by molar-refractivity contribution is -0.145. The lowest BCUT2D eigenvalue weighted by Gasteiger charge is -2.40. The van der Waals surface area contributed by atoms with Gasteiger partial charge in [-0.25, -0.2) is 0 Å². The number of carboxylic acids is 1. The molecule has 0 amide bonds. The van der Waals surface area contributed by atoms with E-state index in [0.29, 0.717) is 18.5 Å². The van der Waals surface area contributed by atoms with Crippen molar-refractivity contribution in [1.82, 2.24) is 4.90 Å². The molecule has 0 spiro atoms. The van der Waals surface area contributed by atoms with Crippen molar-refractivity contribution in [3.05, 3.63) is 70.8 Å². The van der Waals surface area contributed by atoms with Gasteiger partial charge in [0, 0.05) is 0 Å². The van der Waals surface area contributed by atoms with E-state index in [0.717, 1.165) is 36.1 Å². The number of carboxylic acid groups (broad SMARTS) is 1. The summed E-state index contributed by atoms with van der Waals surface area (Å²) >= 11 is 0. The normalized spacial score (nSPS) is 19.6. The number of benzene rings is 2. The van der Waals surface area contributed by atoms with Crippen LogP contribution < -0.4 is 0 Å². The molecule has 1 saturated heterocycles. The third-order valence-electron chi connectivity index (χ3n) is 5.05. The minimum Gasteiger partial charge on any atom is -0.480 e. The average molecular weight is 377 g/mol. The Balaban J connectivity index is 2.12. The molecule has 1 aliphatic rings. The first-order chi connectivity index (χ1) is 12.8. The Morgan fingerprint density at radius 1 is 1.11 bits per heavy atom. The first-order valence-corrected chi connectivity index (χ1v) is 8.99. The number of aryl methyl sites for hydroxylation is 1. The number of hydrogen-bond donors (Lipinski definition) is 1. The molecule has 2 atom stereocenters. The molecule has 6 heteroatoms. The summed E-state index contributed by atoms with van der Waals surface area (Å²) in [5.74, 6) is -0.931. The van der Waals surface area contributed by atoms with Crippen LogP contribution >= 0.6 is 0 Å². The van der Waals surface area contributed by atoms with Crippen LogP contribution in [-0.4, -0.2) is 28.6 Å². The largest absolute Gasteiger partial charge is 0.480 e. The number of piperidine rings is 1. The summed E-state index contributed by atoms with van der Waals surface area (Å²) in [6.07, 6.45) is -2.32. The summed E-state index contributed by atoms with van der Waals surface area (Å²) in [5.41, 5.74) is 1.53. The zero-order valence-corrected chi connectivity index (χ0v) is 15.0. The number of aliphatic carboxylic acids is 1. The highest BCUT2D eigenvalue weighted by atomic mass is 19.4. The SMILES string of the molecule is Cc1cccc(C(c2cccc(C(F)(F)F)c2)N2CCCCC2C(=O)O)c1. The fourth-order valence-electron chi connectivity index (χ4n) is 3.83. The quantitative estimate of drug-likeness (QED) is 0.811. The molecule has 1 heterocycles. The Hall–Kier alpha value is -2.34. The van der Waals surface area contributed by atoms with Crippen LogP contribution in [0.1, 0.15) is 47.6 Å². The maximum Gasteiger partial charge on any atom is 0.416 e. The van der Waals surface area contributed by atoms with Crippen molar-refractivity contribution in [3.63, 3.8) is 0 Å². The molecule has 1 N–H and O–H groups in total. The summed E-state index contributed by atoms with van der Waals surface area (Å²) in [4.78, 5) is 13.6. The van der Waals surface area contributed by atoms with E-state index in [4.69, 9.17) is 0 Å². The summed E-state index contributed by atoms with van der Waals surface area (Å²) in [7, 11) is 0. The number of rotatable bonds is 4. The van der Waals surface area contributed by atoms with Gasteiger partial charge in [-0.1, -0.05) is 48.4 Å². The number of nitrogens with zero attached hydrogens (tertiary/aromatic N) is 1. The van der Waals surface area contributed by atoms with Crippen molar-refractivity contribution in [2.24, 2.45) is 0 Å². The van der Waals surface area contributed by atoms with Gasteiger partial charge < -0.3 is 5.11 Å². The lowest BCUT2D eigenvalue weighted by Crippen LogP contribution is -2.46. The Kier molecular flexibility index (Phi) is 5.56. The summed E-state index contributed by atoms with van der Waals surface area (Å²) in [6.45, 7) is 2.45. The highest BCUT2D eigenvalue weighted by Crippen LogP contribution is 2.37. The van der Waals surface area contributed by atoms with E-state index in [-0.39, 0.29) is 0 Å². The van der Waals surface area contributed by atoms with Crippen molar-refractivity contribution >= 4 is 5.97 Å². The minimum atomic E-state index is -4.44. The molecule has 0 aromatic heterocycles. The third-order valence-corrected chi connectivity index (χ3v) is 5.05. The molecule has 0 bridgehead atoms. The van der Waals surface area contributed by atoms with Crippen molar-refractivity contribution < 1.29 is 23.1 Å². The van der Waals surface area contributed by atoms with Gasteiger partial charge in [0.2, 0.25) is 0 Å². The highest BCUT2D eigenvalue weighted by Gasteiger charge is 2.36. The lowest BCUT2D eigenvalue weighted by atomic mass is 9.90. The Morgan fingerprint density at radius 3 is 2.41 bits per heavy atom. The van der Waals surface area contributed by atoms with Gasteiger partial charge in [-0.3, -0.25) is 9.69 Å². The second-order valence-electron chi connectivity index (χ2n) is 7.03. The van der Waals surface area contributed by atoms with Gasteiger partial charge >= 0.3 is 12.1 Å². The van der Waals surface area contributed by atoms with Gasteiger partial charge in [0.05, 0.1) is 11.6 Å². The first kappa shape index (κ1) is 19.4. The van der Waals surface area contributed by atoms with E-state index in [9.17, 15) is 23.1 Å². The van der Waals surface area contributed by atoms with Crippen LogP contribution in [0.3, 0.4) is 0 Å². The molecule has 0 aliphatic carbocycles. The van der Waals surface area contributed by atoms with Crippen LogP contribution in [0, 0.1) is 6.92 Å². The van der Waals surface area contributed by atoms with Crippen LogP contribution in [0.2, 0.25) is 0 Å². The number of carbonyl (C=O) groups is 1. The molecule has 0 radical (unpaired) electrons. The zero-order valence-electron chi connectivity index (χ0n) is 15.0. The molecule has 3 nitrogen and oxygen atoms in total. The van der Waals surface area contributed by atoms with Crippen LogP contribution in [0.5, 0.6) is 0 Å². The van der Waals surface area contributed by atoms with E-state index in [2.05, 4.69) is 0 Å². The molecule has 2 aromatic carbocycles. The topological polar surface area (TPSA) is 40.5 Å². The molecule has 1 aliphatic heterocycles. The number of alkyl halides is 3. The molecule has 1 fully saturated rings. The molecule has 0 saturated carbocycles. The predicted octanol–water partition coefficient (Wildman–Crippen LogP) is 5.04. The van der Waals surface area contributed by atoms with Gasteiger partial charge in [-0.15, -0.1) is 0 Å². The van der Waals surface area contributed by atoms with Gasteiger partial charge in [0.15, 0.2) is 0 Å². The molecule has 144 valence electrons. The van der Waals surface area contributed by atoms with Gasteiger partial charge in [0.1, 0.15) is 6.04 Å². The van der Waals surface area contributed by atoms with E-state index < -0.39 is 29.8 Å². The number of halogens is 3. The average Bonchev–Trinajstić information content (AvgIpc) is 2.62. The second kappa shape index (κ2) is 7.72. The standard InChI is InChI=1S/C21H22F3NO2/c1-14-6-4-7-15(12-14)19(25-11-3-2-10-18(25)20(26)27)16-8-5-9-17(13-16)21(22,23)24/h4-9,12-13,18-19H,2-3,10-11H2,1H3,(H,26,27). The maximum absolute atomic E-state index is 13.2. The van der Waals surface area contributed by atoms with E-state index in [1.165, 1.54) is 6.07 Å². The van der Waals surface area contributed by atoms with E-state index in [1.54, 1.807) is 6.07 Å². The highest BCUT2D eigenvalue weighted by molar-refractivity contribution is 5.73. The molecule has 27 heavy (non-hydrogen) atoms. The third kappa shape index (κ3) is 4.33. The van der Waals surface area contributed by atoms with Gasteiger partial charge in [-0.2, -0.15) is 13.2 Å². The van der Waals surface area contributed by atoms with Crippen molar-refractivity contribution in [3.8, 4) is 0 Å². The van der Waals surface area contributed by atoms with Crippen molar-refractivity contribution in [2.75, 3.05) is 6.54 Å². The summed E-state index contributed by atoms with van der Waals surface area (Å²) < 4.78 is 39.7. The Labute approximate surface area is 156 Å². The molecule has 3 rings (SSSR count). The van der Waals surface area contributed by atoms with Crippen LogP contribution in [-0.2, 0) is 11.0 Å². The molecule has 2 aromatic rings. The minimum absolute atomic E-state index is 0.462. The number of hydrogen-bond acceptors (Lipinski definition) is 2. The zero-order chi connectivity index (χ0) is 19.6. The monoisotopic (exact) mass is 377 g/mol. The summed E-state index contributed by atoms with van der Waals surface area (Å²) in [6, 6.07) is 11.5. The fourth-order valence-corrected chi connectivity index (χ4v) is 3.83. The Morgan fingerprint density at radius 2 is 1.78 bits per heavy atom. The van der Waals surface area contributed by atoms with Crippen LogP contribution in [0.4, 0.5) is 13.2 Å². The molecular formula is C21H22F3NO2. The second-order valence-corrected chi connectivity index (χ2v) is 7.03. The maximum atomic E-state index is 13.2. The summed E-state index contributed by atoms with van der Waals surface area (Å²) in [5, 5.41) is 9.67.